The molecule has 0 spiro atoms. The topological polar surface area (TPSA) is 83.8 Å². The summed E-state index contributed by atoms with van der Waals surface area (Å²) in [5.74, 6) is 0. The molecule has 5 nitrogen and oxygen atoms in total. The zero-order valence-corrected chi connectivity index (χ0v) is 9.23. The first-order chi connectivity index (χ1) is 5.77. The lowest BCUT2D eigenvalue weighted by Crippen LogP contribution is -2.41. The van der Waals surface area contributed by atoms with E-state index in [4.69, 9.17) is 14.4 Å². The van der Waals surface area contributed by atoms with Crippen LogP contribution >= 0.6 is 0 Å². The Balaban J connectivity index is 3.63. The fourth-order valence-corrected chi connectivity index (χ4v) is 1.87. The molecule has 0 aromatic carbocycles. The van der Waals surface area contributed by atoms with E-state index in [1.165, 1.54) is 0 Å². The van der Waals surface area contributed by atoms with E-state index in [-0.39, 0.29) is 10.7 Å². The number of hydrogen-bond donors (Lipinski definition) is 3. The minimum Gasteiger partial charge on any atom is -0.633 e. The summed E-state index contributed by atoms with van der Waals surface area (Å²) in [4.78, 5) is 26.1. The van der Waals surface area contributed by atoms with Gasteiger partial charge < -0.3 is 24.2 Å². The molecule has 6 heteroatoms. The maximum absolute atomic E-state index is 11.5. The normalized spacial score (nSPS) is 17.1. The molecule has 0 heterocycles. The molecular weight excluding hydrogens is 190 g/mol. The van der Waals surface area contributed by atoms with Crippen molar-refractivity contribution in [3.8, 4) is 0 Å². The summed E-state index contributed by atoms with van der Waals surface area (Å²) in [7, 11) is -2.37. The van der Waals surface area contributed by atoms with Crippen LogP contribution in [0.1, 0.15) is 19.8 Å². The zero-order valence-electron chi connectivity index (χ0n) is 8.23. The Morgan fingerprint density at radius 1 is 1.23 bits per heavy atom. The lowest BCUT2D eigenvalue weighted by molar-refractivity contribution is -0.860. The molecule has 0 saturated carbocycles. The van der Waals surface area contributed by atoms with Crippen LogP contribution in [-0.4, -0.2) is 48.0 Å². The van der Waals surface area contributed by atoms with Crippen molar-refractivity contribution in [3.05, 3.63) is 5.21 Å². The van der Waals surface area contributed by atoms with Crippen molar-refractivity contribution >= 4 is 8.80 Å². The van der Waals surface area contributed by atoms with Gasteiger partial charge in [0.2, 0.25) is 0 Å². The van der Waals surface area contributed by atoms with E-state index < -0.39 is 8.80 Å². The van der Waals surface area contributed by atoms with Crippen LogP contribution in [-0.2, 0) is 0 Å². The van der Waals surface area contributed by atoms with Gasteiger partial charge in [-0.1, -0.05) is 6.92 Å². The molecule has 1 unspecified atom stereocenters. The molecule has 0 bridgehead atoms. The highest BCUT2D eigenvalue weighted by Crippen LogP contribution is 2.08. The van der Waals surface area contributed by atoms with E-state index in [1.807, 2.05) is 6.92 Å². The Labute approximate surface area is 79.8 Å². The van der Waals surface area contributed by atoms with E-state index in [9.17, 15) is 5.21 Å². The van der Waals surface area contributed by atoms with E-state index in [0.29, 0.717) is 19.5 Å². The second-order valence-corrected chi connectivity index (χ2v) is 5.67. The van der Waals surface area contributed by atoms with Gasteiger partial charge in [-0.25, -0.2) is 0 Å². The van der Waals surface area contributed by atoms with Gasteiger partial charge in [-0.05, 0) is 6.42 Å². The molecule has 0 rings (SSSR count). The van der Waals surface area contributed by atoms with Crippen LogP contribution in [0.2, 0.25) is 6.04 Å². The molecule has 0 aliphatic rings. The molecule has 0 radical (unpaired) electrons. The predicted molar refractivity (Wildman–Crippen MR) is 51.4 cm³/mol. The molecule has 0 aliphatic heterocycles. The van der Waals surface area contributed by atoms with Crippen molar-refractivity contribution < 1.29 is 19.0 Å². The van der Waals surface area contributed by atoms with Gasteiger partial charge in [0.05, 0.1) is 20.1 Å². The summed E-state index contributed by atoms with van der Waals surface area (Å²) in [6.45, 7) is 2.78. The van der Waals surface area contributed by atoms with Crippen molar-refractivity contribution in [2.45, 2.75) is 25.8 Å². The molecule has 0 aliphatic carbocycles. The summed E-state index contributed by atoms with van der Waals surface area (Å²) in [6.07, 6.45) is 1.16. The van der Waals surface area contributed by atoms with Gasteiger partial charge in [0.1, 0.15) is 0 Å². The van der Waals surface area contributed by atoms with Crippen LogP contribution < -0.4 is 0 Å². The minimum absolute atomic E-state index is 0.0488. The Kier molecular flexibility index (Phi) is 5.04. The van der Waals surface area contributed by atoms with Crippen LogP contribution in [0.3, 0.4) is 0 Å². The second kappa shape index (κ2) is 5.04. The molecule has 80 valence electrons. The monoisotopic (exact) mass is 209 g/mol. The number of hydrogen-bond acceptors (Lipinski definition) is 4. The van der Waals surface area contributed by atoms with Crippen LogP contribution in [0.4, 0.5) is 0 Å². The smallest absolute Gasteiger partial charge is 0.492 e. The summed E-state index contributed by atoms with van der Waals surface area (Å²) in [6, 6.07) is -0.0488. The highest BCUT2D eigenvalue weighted by atomic mass is 28.4. The van der Waals surface area contributed by atoms with Crippen molar-refractivity contribution in [1.82, 2.24) is 0 Å². The Morgan fingerprint density at radius 3 is 2.15 bits per heavy atom. The molecule has 3 N–H and O–H groups in total. The van der Waals surface area contributed by atoms with Gasteiger partial charge >= 0.3 is 8.80 Å². The fourth-order valence-electron chi connectivity index (χ4n) is 1.24. The van der Waals surface area contributed by atoms with Gasteiger partial charge in [-0.2, -0.15) is 0 Å². The zero-order chi connectivity index (χ0) is 10.5. The van der Waals surface area contributed by atoms with Gasteiger partial charge in [-0.15, -0.1) is 0 Å². The van der Waals surface area contributed by atoms with Crippen molar-refractivity contribution in [1.29, 1.82) is 0 Å². The fraction of sp³-hybridized carbons (Fsp3) is 1.00. The first kappa shape index (κ1) is 13.0. The van der Waals surface area contributed by atoms with Crippen molar-refractivity contribution in [3.63, 3.8) is 0 Å². The van der Waals surface area contributed by atoms with E-state index in [2.05, 4.69) is 0 Å². The van der Waals surface area contributed by atoms with Crippen LogP contribution in [0.25, 0.3) is 0 Å². The summed E-state index contributed by atoms with van der Waals surface area (Å²) in [5.41, 5.74) is 0. The predicted octanol–water partition coefficient (Wildman–Crippen LogP) is -0.353. The third-order valence-corrected chi connectivity index (χ3v) is 2.86. The number of rotatable bonds is 6. The Bertz CT molecular complexity index is 146. The average Bonchev–Trinajstić information content (AvgIpc) is 1.82. The lowest BCUT2D eigenvalue weighted by atomic mass is 10.4. The molecule has 0 fully saturated rings. The van der Waals surface area contributed by atoms with Crippen LogP contribution in [0.15, 0.2) is 0 Å². The highest BCUT2D eigenvalue weighted by molar-refractivity contribution is 6.56. The summed E-state index contributed by atoms with van der Waals surface area (Å²) in [5, 5.41) is 11.5. The maximum Gasteiger partial charge on any atom is 0.492 e. The molecular formula is C7H19NO4Si. The first-order valence-electron chi connectivity index (χ1n) is 4.49. The Hall–Kier alpha value is 0.0169. The average molecular weight is 209 g/mol. The lowest BCUT2D eigenvalue weighted by Gasteiger charge is -2.38. The Morgan fingerprint density at radius 2 is 1.77 bits per heavy atom. The third kappa shape index (κ3) is 8.35. The number of quaternary nitrogens is 1. The quantitative estimate of drug-likeness (QED) is 0.317. The molecule has 1 atom stereocenters. The van der Waals surface area contributed by atoms with Crippen LogP contribution in [0.5, 0.6) is 0 Å². The van der Waals surface area contributed by atoms with Crippen molar-refractivity contribution in [2.75, 3.05) is 20.1 Å². The van der Waals surface area contributed by atoms with Gasteiger partial charge in [0.25, 0.3) is 0 Å². The van der Waals surface area contributed by atoms with E-state index in [0.717, 1.165) is 6.42 Å². The van der Waals surface area contributed by atoms with Crippen LogP contribution in [0, 0.1) is 5.21 Å². The van der Waals surface area contributed by atoms with Crippen molar-refractivity contribution in [2.24, 2.45) is 0 Å². The molecule has 0 aromatic rings. The van der Waals surface area contributed by atoms with Gasteiger partial charge in [-0.3, -0.25) is 0 Å². The molecule has 0 aromatic heterocycles. The highest BCUT2D eigenvalue weighted by Gasteiger charge is 2.26. The first-order valence-corrected chi connectivity index (χ1v) is 6.54. The van der Waals surface area contributed by atoms with Gasteiger partial charge in [0, 0.05) is 12.5 Å². The van der Waals surface area contributed by atoms with E-state index >= 15 is 0 Å². The van der Waals surface area contributed by atoms with E-state index in [1.54, 1.807) is 7.05 Å². The largest absolute Gasteiger partial charge is 0.633 e. The summed E-state index contributed by atoms with van der Waals surface area (Å²) < 4.78 is -0.374. The molecule has 13 heavy (non-hydrogen) atoms. The number of nitrogens with zero attached hydrogens (tertiary/aromatic N) is 1. The van der Waals surface area contributed by atoms with Gasteiger partial charge in [0.15, 0.2) is 0 Å². The summed E-state index contributed by atoms with van der Waals surface area (Å²) >= 11 is 0. The molecule has 0 saturated heterocycles. The second-order valence-electron chi connectivity index (χ2n) is 3.62. The standard InChI is InChI=1S/C7H19NO4Si/c1-3-5-8(2,9)6-4-7-13(10,11)12/h10-12H,3-7H2,1-2H3. The third-order valence-electron chi connectivity index (χ3n) is 1.84. The number of hydroxylamine groups is 3. The minimum atomic E-state index is -3.93. The maximum atomic E-state index is 11.5. The molecule has 0 amide bonds. The SMILES string of the molecule is CCC[N+](C)([O-])CCC[Si](O)(O)O.